The third kappa shape index (κ3) is 10.6. The Kier molecular flexibility index (Phi) is 18.9. The molecule has 30 heavy (non-hydrogen) atoms. The molecule has 2 aromatic rings. The van der Waals surface area contributed by atoms with Crippen LogP contribution in [0.2, 0.25) is 0 Å². The number of carbonyl (C=O) groups is 1. The van der Waals surface area contributed by atoms with Crippen LogP contribution in [0, 0.1) is 0 Å². The van der Waals surface area contributed by atoms with Gasteiger partial charge in [0.15, 0.2) is 5.78 Å². The van der Waals surface area contributed by atoms with Gasteiger partial charge < -0.3 is 10.1 Å². The first-order valence-electron chi connectivity index (χ1n) is 11.6. The van der Waals surface area contributed by atoms with E-state index in [1.54, 1.807) is 6.92 Å². The molecule has 0 aliphatic rings. The number of ketones is 1. The van der Waals surface area contributed by atoms with Crippen molar-refractivity contribution in [3.05, 3.63) is 53.6 Å². The molecule has 2 aromatic carbocycles. The van der Waals surface area contributed by atoms with E-state index >= 15 is 0 Å². The molecule has 1 N–H and O–H groups in total. The summed E-state index contributed by atoms with van der Waals surface area (Å²) in [5.41, 5.74) is 4.04. The highest BCUT2D eigenvalue weighted by Gasteiger charge is 2.11. The molecule has 3 nitrogen and oxygen atoms in total. The zero-order valence-electron chi connectivity index (χ0n) is 21.1. The average molecular weight is 416 g/mol. The van der Waals surface area contributed by atoms with E-state index in [-0.39, 0.29) is 5.78 Å². The van der Waals surface area contributed by atoms with Crippen LogP contribution in [-0.2, 0) is 6.42 Å². The maximum atomic E-state index is 11.7. The first kappa shape index (κ1) is 30.1. The van der Waals surface area contributed by atoms with Crippen LogP contribution in [-0.4, -0.2) is 25.0 Å². The lowest BCUT2D eigenvalue weighted by atomic mass is 9.95. The summed E-state index contributed by atoms with van der Waals surface area (Å²) in [6, 6.07) is 14.5. The lowest BCUT2D eigenvalue weighted by Gasteiger charge is -2.14. The van der Waals surface area contributed by atoms with Crippen molar-refractivity contribution in [2.75, 3.05) is 13.2 Å². The smallest absolute Gasteiger partial charge is 0.160 e. The molecule has 0 aliphatic carbocycles. The van der Waals surface area contributed by atoms with Crippen molar-refractivity contribution in [3.63, 3.8) is 0 Å². The summed E-state index contributed by atoms with van der Waals surface area (Å²) in [7, 11) is 0. The Bertz CT molecular complexity index is 693. The minimum Gasteiger partial charge on any atom is -0.492 e. The van der Waals surface area contributed by atoms with Gasteiger partial charge in [0.05, 0.1) is 0 Å². The predicted molar refractivity (Wildman–Crippen MR) is 134 cm³/mol. The monoisotopic (exact) mass is 415 g/mol. The molecule has 3 heteroatoms. The van der Waals surface area contributed by atoms with E-state index in [1.807, 2.05) is 71.9 Å². The number of ether oxygens (including phenoxy) is 1. The largest absolute Gasteiger partial charge is 0.492 e. The van der Waals surface area contributed by atoms with Gasteiger partial charge in [-0.15, -0.1) is 0 Å². The van der Waals surface area contributed by atoms with Crippen LogP contribution < -0.4 is 10.1 Å². The number of carbonyl (C=O) groups excluding carboxylic acids is 1. The van der Waals surface area contributed by atoms with Crippen LogP contribution in [0.4, 0.5) is 0 Å². The quantitative estimate of drug-likeness (QED) is 0.357. The molecule has 0 aliphatic heterocycles. The second-order valence-electron chi connectivity index (χ2n) is 6.24. The number of nitrogens with one attached hydrogen (secondary N) is 1. The van der Waals surface area contributed by atoms with Crippen molar-refractivity contribution in [2.24, 2.45) is 0 Å². The zero-order valence-corrected chi connectivity index (χ0v) is 21.1. The highest BCUT2D eigenvalue weighted by Crippen LogP contribution is 2.31. The van der Waals surface area contributed by atoms with Crippen LogP contribution in [0.3, 0.4) is 0 Å². The van der Waals surface area contributed by atoms with Gasteiger partial charge in [-0.05, 0) is 30.5 Å². The summed E-state index contributed by atoms with van der Waals surface area (Å²) in [6.45, 7) is 21.4. The molecule has 0 amide bonds. The van der Waals surface area contributed by atoms with E-state index in [2.05, 4.69) is 38.2 Å². The zero-order chi connectivity index (χ0) is 23.5. The number of hydrogen-bond donors (Lipinski definition) is 1. The lowest BCUT2D eigenvalue weighted by Crippen LogP contribution is -2.27. The van der Waals surface area contributed by atoms with Gasteiger partial charge in [0.1, 0.15) is 12.4 Å². The van der Waals surface area contributed by atoms with Crippen LogP contribution in [0.25, 0.3) is 11.1 Å². The highest BCUT2D eigenvalue weighted by atomic mass is 16.5. The average Bonchev–Trinajstić information content (AvgIpc) is 2.80. The first-order chi connectivity index (χ1) is 14.5. The lowest BCUT2D eigenvalue weighted by molar-refractivity contribution is 0.101. The summed E-state index contributed by atoms with van der Waals surface area (Å²) in [5, 5.41) is 3.35. The standard InChI is InChI=1S/C21H27NO2.3C2H6/c1-5-17-14-18(10-11-19(17)16(4)23)20-8-6-7-9-21(20)24-13-12-22-15(2)3;3*1-2/h6-11,14-15,22H,5,12-13H2,1-4H3;3*1-2H3. The SMILES string of the molecule is CC.CC.CC.CCc1cc(-c2ccccc2OCCNC(C)C)ccc1C(C)=O. The number of rotatable bonds is 8. The molecule has 0 spiro atoms. The van der Waals surface area contributed by atoms with Crippen molar-refractivity contribution >= 4 is 5.78 Å². The maximum Gasteiger partial charge on any atom is 0.160 e. The van der Waals surface area contributed by atoms with Gasteiger partial charge in [-0.3, -0.25) is 4.79 Å². The van der Waals surface area contributed by atoms with Gasteiger partial charge >= 0.3 is 0 Å². The molecular weight excluding hydrogens is 370 g/mol. The Labute approximate surface area is 186 Å². The number of aryl methyl sites for hydroxylation is 1. The number of benzene rings is 2. The van der Waals surface area contributed by atoms with Crippen molar-refractivity contribution in [3.8, 4) is 16.9 Å². The molecule has 170 valence electrons. The predicted octanol–water partition coefficient (Wildman–Crippen LogP) is 7.57. The normalized spacial score (nSPS) is 9.30. The van der Waals surface area contributed by atoms with E-state index in [1.165, 1.54) is 0 Å². The Morgan fingerprint density at radius 3 is 2.10 bits per heavy atom. The Morgan fingerprint density at radius 1 is 0.967 bits per heavy atom. The van der Waals surface area contributed by atoms with Crippen LogP contribution >= 0.6 is 0 Å². The van der Waals surface area contributed by atoms with E-state index in [9.17, 15) is 4.79 Å². The molecule has 0 bridgehead atoms. The van der Waals surface area contributed by atoms with E-state index in [4.69, 9.17) is 4.74 Å². The third-order valence-corrected chi connectivity index (χ3v) is 3.98. The van der Waals surface area contributed by atoms with Gasteiger partial charge in [0, 0.05) is 23.7 Å². The minimum atomic E-state index is 0.114. The van der Waals surface area contributed by atoms with E-state index < -0.39 is 0 Å². The summed E-state index contributed by atoms with van der Waals surface area (Å²) in [5.74, 6) is 0.989. The Morgan fingerprint density at radius 2 is 1.57 bits per heavy atom. The highest BCUT2D eigenvalue weighted by molar-refractivity contribution is 5.96. The Balaban J connectivity index is 0. The van der Waals surface area contributed by atoms with Crippen molar-refractivity contribution < 1.29 is 9.53 Å². The fourth-order valence-electron chi connectivity index (χ4n) is 2.74. The number of Topliss-reactive ketones (excluding diaryl/α,β-unsaturated/α-hetero) is 1. The first-order valence-corrected chi connectivity index (χ1v) is 11.6. The van der Waals surface area contributed by atoms with Crippen molar-refractivity contribution in [2.45, 2.75) is 81.7 Å². The minimum absolute atomic E-state index is 0.114. The van der Waals surface area contributed by atoms with Gasteiger partial charge in [-0.1, -0.05) is 98.7 Å². The van der Waals surface area contributed by atoms with Gasteiger partial charge in [-0.25, -0.2) is 0 Å². The number of hydrogen-bond acceptors (Lipinski definition) is 3. The molecule has 0 unspecified atom stereocenters. The van der Waals surface area contributed by atoms with Gasteiger partial charge in [0.2, 0.25) is 0 Å². The summed E-state index contributed by atoms with van der Waals surface area (Å²) in [6.07, 6.45) is 0.837. The second-order valence-corrected chi connectivity index (χ2v) is 6.24. The fraction of sp³-hybridized carbons (Fsp3) is 0.519. The second kappa shape index (κ2) is 18.9. The topological polar surface area (TPSA) is 38.3 Å². The van der Waals surface area contributed by atoms with E-state index in [0.717, 1.165) is 41.0 Å². The molecule has 0 atom stereocenters. The fourth-order valence-corrected chi connectivity index (χ4v) is 2.74. The molecule has 0 radical (unpaired) electrons. The molecule has 2 rings (SSSR count). The Hall–Kier alpha value is -2.13. The summed E-state index contributed by atoms with van der Waals surface area (Å²) < 4.78 is 5.96. The van der Waals surface area contributed by atoms with Gasteiger partial charge in [-0.2, -0.15) is 0 Å². The third-order valence-electron chi connectivity index (χ3n) is 3.98. The van der Waals surface area contributed by atoms with E-state index in [0.29, 0.717) is 12.6 Å². The molecule has 0 saturated heterocycles. The summed E-state index contributed by atoms with van der Waals surface area (Å²) >= 11 is 0. The van der Waals surface area contributed by atoms with Crippen LogP contribution in [0.5, 0.6) is 5.75 Å². The molecule has 0 aromatic heterocycles. The number of para-hydroxylation sites is 1. The molecule has 0 fully saturated rings. The van der Waals surface area contributed by atoms with Crippen molar-refractivity contribution in [1.82, 2.24) is 5.32 Å². The summed E-state index contributed by atoms with van der Waals surface area (Å²) in [4.78, 5) is 11.7. The molecule has 0 heterocycles. The maximum absolute atomic E-state index is 11.7. The van der Waals surface area contributed by atoms with Crippen LogP contribution in [0.15, 0.2) is 42.5 Å². The molecular formula is C27H45NO2. The van der Waals surface area contributed by atoms with Crippen LogP contribution in [0.1, 0.15) is 85.2 Å². The molecule has 0 saturated carbocycles. The van der Waals surface area contributed by atoms with Gasteiger partial charge in [0.25, 0.3) is 0 Å². The van der Waals surface area contributed by atoms with Crippen molar-refractivity contribution in [1.29, 1.82) is 0 Å².